The number of nitrogens with zero attached hydrogens (tertiary/aromatic N) is 2. The number of rotatable bonds is 3. The molecule has 0 bridgehead atoms. The third kappa shape index (κ3) is 1.88. The molecule has 1 heterocycles. The summed E-state index contributed by atoms with van der Waals surface area (Å²) >= 11 is 0. The Hall–Kier alpha value is -1.32. The van der Waals surface area contributed by atoms with E-state index >= 15 is 0 Å². The van der Waals surface area contributed by atoms with E-state index in [1.807, 2.05) is 13.1 Å². The highest BCUT2D eigenvalue weighted by atomic mass is 16.5. The first-order valence-corrected chi connectivity index (χ1v) is 4.55. The molecular formula is C9H13N3O. The standard InChI is InChI=1S/C9H13N3O/c1-10-8-5-9(12-6-11-8)13-7-3-2-4-7/h5-7H,2-4H2,1H3,(H,10,11,12). The molecule has 0 aromatic carbocycles. The number of nitrogens with one attached hydrogen (secondary N) is 1. The van der Waals surface area contributed by atoms with Crippen molar-refractivity contribution in [2.75, 3.05) is 12.4 Å². The molecule has 1 aliphatic rings. The first kappa shape index (κ1) is 8.29. The quantitative estimate of drug-likeness (QED) is 0.762. The SMILES string of the molecule is CNc1cc(OC2CCC2)ncn1. The maximum atomic E-state index is 5.60. The maximum Gasteiger partial charge on any atom is 0.218 e. The molecule has 1 aliphatic carbocycles. The van der Waals surface area contributed by atoms with E-state index in [2.05, 4.69) is 15.3 Å². The van der Waals surface area contributed by atoms with Crippen molar-refractivity contribution in [1.29, 1.82) is 0 Å². The molecule has 0 spiro atoms. The monoisotopic (exact) mass is 179 g/mol. The third-order valence-electron chi connectivity index (χ3n) is 2.24. The predicted octanol–water partition coefficient (Wildman–Crippen LogP) is 1.45. The Morgan fingerprint density at radius 2 is 2.31 bits per heavy atom. The molecule has 2 rings (SSSR count). The van der Waals surface area contributed by atoms with Gasteiger partial charge in [0.05, 0.1) is 0 Å². The van der Waals surface area contributed by atoms with Gasteiger partial charge in [-0.3, -0.25) is 0 Å². The summed E-state index contributed by atoms with van der Waals surface area (Å²) in [5, 5.41) is 2.95. The number of hydrogen-bond acceptors (Lipinski definition) is 4. The number of hydrogen-bond donors (Lipinski definition) is 1. The molecular weight excluding hydrogens is 166 g/mol. The van der Waals surface area contributed by atoms with Crippen LogP contribution in [0.25, 0.3) is 0 Å². The molecule has 1 N–H and O–H groups in total. The van der Waals surface area contributed by atoms with Crippen LogP contribution in [0.1, 0.15) is 19.3 Å². The average molecular weight is 179 g/mol. The van der Waals surface area contributed by atoms with E-state index in [0.29, 0.717) is 12.0 Å². The van der Waals surface area contributed by atoms with E-state index in [9.17, 15) is 0 Å². The van der Waals surface area contributed by atoms with Gasteiger partial charge in [0.1, 0.15) is 18.2 Å². The van der Waals surface area contributed by atoms with Gasteiger partial charge in [-0.05, 0) is 19.3 Å². The molecule has 0 aliphatic heterocycles. The Balaban J connectivity index is 2.01. The van der Waals surface area contributed by atoms with Crippen LogP contribution in [0.3, 0.4) is 0 Å². The van der Waals surface area contributed by atoms with Crippen LogP contribution >= 0.6 is 0 Å². The first-order chi connectivity index (χ1) is 6.38. The summed E-state index contributed by atoms with van der Waals surface area (Å²) < 4.78 is 5.60. The lowest BCUT2D eigenvalue weighted by Gasteiger charge is -2.25. The molecule has 0 amide bonds. The highest BCUT2D eigenvalue weighted by Gasteiger charge is 2.19. The summed E-state index contributed by atoms with van der Waals surface area (Å²) in [6.45, 7) is 0. The average Bonchev–Trinajstić information content (AvgIpc) is 2.12. The number of aromatic nitrogens is 2. The fraction of sp³-hybridized carbons (Fsp3) is 0.556. The van der Waals surface area contributed by atoms with Gasteiger partial charge in [-0.2, -0.15) is 0 Å². The lowest BCUT2D eigenvalue weighted by Crippen LogP contribution is -2.25. The lowest BCUT2D eigenvalue weighted by atomic mass is 9.96. The molecule has 0 radical (unpaired) electrons. The zero-order valence-electron chi connectivity index (χ0n) is 7.66. The van der Waals surface area contributed by atoms with Crippen molar-refractivity contribution in [3.8, 4) is 5.88 Å². The van der Waals surface area contributed by atoms with Gasteiger partial charge in [-0.1, -0.05) is 0 Å². The zero-order chi connectivity index (χ0) is 9.10. The summed E-state index contributed by atoms with van der Waals surface area (Å²) in [6, 6.07) is 1.82. The Morgan fingerprint density at radius 3 is 2.92 bits per heavy atom. The summed E-state index contributed by atoms with van der Waals surface area (Å²) in [5.74, 6) is 1.47. The minimum Gasteiger partial charge on any atom is -0.474 e. The predicted molar refractivity (Wildman–Crippen MR) is 49.8 cm³/mol. The van der Waals surface area contributed by atoms with Crippen molar-refractivity contribution in [1.82, 2.24) is 9.97 Å². The van der Waals surface area contributed by atoms with Crippen molar-refractivity contribution in [3.63, 3.8) is 0 Å². The number of ether oxygens (including phenoxy) is 1. The van der Waals surface area contributed by atoms with E-state index in [4.69, 9.17) is 4.74 Å². The van der Waals surface area contributed by atoms with Crippen molar-refractivity contribution in [2.45, 2.75) is 25.4 Å². The normalized spacial score (nSPS) is 16.4. The van der Waals surface area contributed by atoms with Crippen LogP contribution in [0.15, 0.2) is 12.4 Å². The van der Waals surface area contributed by atoms with E-state index < -0.39 is 0 Å². The third-order valence-corrected chi connectivity index (χ3v) is 2.24. The Bertz CT molecular complexity index is 286. The molecule has 13 heavy (non-hydrogen) atoms. The van der Waals surface area contributed by atoms with Gasteiger partial charge >= 0.3 is 0 Å². The van der Waals surface area contributed by atoms with Crippen molar-refractivity contribution >= 4 is 5.82 Å². The van der Waals surface area contributed by atoms with E-state index in [0.717, 1.165) is 18.7 Å². The van der Waals surface area contributed by atoms with Crippen molar-refractivity contribution in [2.24, 2.45) is 0 Å². The molecule has 1 aromatic rings. The van der Waals surface area contributed by atoms with Crippen LogP contribution in [0.4, 0.5) is 5.82 Å². The van der Waals surface area contributed by atoms with Crippen LogP contribution in [0, 0.1) is 0 Å². The topological polar surface area (TPSA) is 47.0 Å². The van der Waals surface area contributed by atoms with Gasteiger partial charge < -0.3 is 10.1 Å². The lowest BCUT2D eigenvalue weighted by molar-refractivity contribution is 0.114. The van der Waals surface area contributed by atoms with Crippen LogP contribution in [-0.2, 0) is 0 Å². The van der Waals surface area contributed by atoms with Crippen LogP contribution in [0.5, 0.6) is 5.88 Å². The highest BCUT2D eigenvalue weighted by molar-refractivity contribution is 5.36. The molecule has 0 unspecified atom stereocenters. The molecule has 0 atom stereocenters. The molecule has 1 fully saturated rings. The van der Waals surface area contributed by atoms with Crippen molar-refractivity contribution < 1.29 is 4.74 Å². The van der Waals surface area contributed by atoms with Gasteiger partial charge in [-0.15, -0.1) is 0 Å². The molecule has 4 heteroatoms. The van der Waals surface area contributed by atoms with E-state index in [1.54, 1.807) is 0 Å². The van der Waals surface area contributed by atoms with Gasteiger partial charge in [0.25, 0.3) is 0 Å². The fourth-order valence-corrected chi connectivity index (χ4v) is 1.20. The Labute approximate surface area is 77.4 Å². The smallest absolute Gasteiger partial charge is 0.218 e. The zero-order valence-corrected chi connectivity index (χ0v) is 7.66. The minimum absolute atomic E-state index is 0.375. The van der Waals surface area contributed by atoms with Crippen LogP contribution < -0.4 is 10.1 Å². The van der Waals surface area contributed by atoms with Gasteiger partial charge in [0.15, 0.2) is 0 Å². The second kappa shape index (κ2) is 3.60. The second-order valence-corrected chi connectivity index (χ2v) is 3.16. The second-order valence-electron chi connectivity index (χ2n) is 3.16. The highest BCUT2D eigenvalue weighted by Crippen LogP contribution is 2.24. The minimum atomic E-state index is 0.375. The summed E-state index contributed by atoms with van der Waals surface area (Å²) in [7, 11) is 1.83. The number of anilines is 1. The Morgan fingerprint density at radius 1 is 1.46 bits per heavy atom. The van der Waals surface area contributed by atoms with Crippen molar-refractivity contribution in [3.05, 3.63) is 12.4 Å². The first-order valence-electron chi connectivity index (χ1n) is 4.55. The molecule has 70 valence electrons. The Kier molecular flexibility index (Phi) is 2.29. The van der Waals surface area contributed by atoms with Gasteiger partial charge in [0.2, 0.25) is 5.88 Å². The maximum absolute atomic E-state index is 5.60. The fourth-order valence-electron chi connectivity index (χ4n) is 1.20. The van der Waals surface area contributed by atoms with Gasteiger partial charge in [0, 0.05) is 13.1 Å². The van der Waals surface area contributed by atoms with E-state index in [1.165, 1.54) is 12.7 Å². The molecule has 1 aromatic heterocycles. The summed E-state index contributed by atoms with van der Waals surface area (Å²) in [6.07, 6.45) is 5.46. The summed E-state index contributed by atoms with van der Waals surface area (Å²) in [5.41, 5.74) is 0. The van der Waals surface area contributed by atoms with Crippen LogP contribution in [0.2, 0.25) is 0 Å². The van der Waals surface area contributed by atoms with E-state index in [-0.39, 0.29) is 0 Å². The molecule has 1 saturated carbocycles. The molecule has 0 saturated heterocycles. The van der Waals surface area contributed by atoms with Crippen LogP contribution in [-0.4, -0.2) is 23.1 Å². The molecule has 4 nitrogen and oxygen atoms in total. The summed E-state index contributed by atoms with van der Waals surface area (Å²) in [4.78, 5) is 8.04. The largest absolute Gasteiger partial charge is 0.474 e. The van der Waals surface area contributed by atoms with Gasteiger partial charge in [-0.25, -0.2) is 9.97 Å².